The molecule has 1 amide bonds. The van der Waals surface area contributed by atoms with Crippen LogP contribution < -0.4 is 10.5 Å². The quantitative estimate of drug-likeness (QED) is 0.503. The number of halogens is 1. The molecule has 0 spiro atoms. The molecule has 1 saturated heterocycles. The molecular formula is C16H25ClN4O5S. The van der Waals surface area contributed by atoms with Crippen molar-refractivity contribution in [1.29, 1.82) is 0 Å². The molecule has 152 valence electrons. The van der Waals surface area contributed by atoms with Crippen LogP contribution in [0.2, 0.25) is 0 Å². The number of sulfonamides is 1. The second-order valence-electron chi connectivity index (χ2n) is 6.51. The number of benzene rings is 1. The minimum atomic E-state index is -3.92. The number of nitrogens with zero attached hydrogens (tertiary/aromatic N) is 2. The van der Waals surface area contributed by atoms with Crippen LogP contribution in [0.5, 0.6) is 0 Å². The van der Waals surface area contributed by atoms with Crippen LogP contribution in [0.3, 0.4) is 0 Å². The molecule has 2 rings (SSSR count). The minimum absolute atomic E-state index is 0. The fraction of sp³-hybridized carbons (Fsp3) is 0.562. The van der Waals surface area contributed by atoms with Gasteiger partial charge < -0.3 is 10.6 Å². The zero-order chi connectivity index (χ0) is 19.3. The van der Waals surface area contributed by atoms with Gasteiger partial charge in [-0.25, -0.2) is 13.1 Å². The first-order valence-electron chi connectivity index (χ1n) is 8.48. The molecule has 27 heavy (non-hydrogen) atoms. The lowest BCUT2D eigenvalue weighted by molar-refractivity contribution is -0.385. The summed E-state index contributed by atoms with van der Waals surface area (Å²) in [5, 5.41) is 10.8. The van der Waals surface area contributed by atoms with Gasteiger partial charge in [0.05, 0.1) is 9.82 Å². The number of amides is 1. The van der Waals surface area contributed by atoms with E-state index in [1.165, 1.54) is 18.2 Å². The van der Waals surface area contributed by atoms with Crippen LogP contribution in [-0.4, -0.2) is 49.8 Å². The molecule has 9 nitrogen and oxygen atoms in total. The number of carbonyl (C=O) groups excluding carboxylic acids is 1. The number of likely N-dealkylation sites (tertiary alicyclic amines) is 1. The Morgan fingerprint density at radius 2 is 2.15 bits per heavy atom. The van der Waals surface area contributed by atoms with Crippen molar-refractivity contribution in [1.82, 2.24) is 9.62 Å². The molecule has 1 aliphatic heterocycles. The monoisotopic (exact) mass is 420 g/mol. The van der Waals surface area contributed by atoms with Crippen molar-refractivity contribution in [3.63, 3.8) is 0 Å². The van der Waals surface area contributed by atoms with E-state index in [0.29, 0.717) is 19.0 Å². The van der Waals surface area contributed by atoms with Crippen molar-refractivity contribution >= 4 is 34.0 Å². The average Bonchev–Trinajstić information content (AvgIpc) is 2.61. The third-order valence-corrected chi connectivity index (χ3v) is 6.00. The van der Waals surface area contributed by atoms with Gasteiger partial charge in [-0.15, -0.1) is 12.4 Å². The summed E-state index contributed by atoms with van der Waals surface area (Å²) in [7, 11) is -3.92. The molecule has 2 unspecified atom stereocenters. The molecule has 0 aromatic heterocycles. The van der Waals surface area contributed by atoms with Gasteiger partial charge in [-0.3, -0.25) is 14.9 Å². The first-order valence-corrected chi connectivity index (χ1v) is 9.96. The van der Waals surface area contributed by atoms with Crippen LogP contribution in [0, 0.1) is 16.0 Å². The molecular weight excluding hydrogens is 396 g/mol. The largest absolute Gasteiger partial charge is 0.338 e. The van der Waals surface area contributed by atoms with E-state index in [1.54, 1.807) is 4.90 Å². The van der Waals surface area contributed by atoms with Gasteiger partial charge in [0.15, 0.2) is 0 Å². The van der Waals surface area contributed by atoms with Crippen LogP contribution in [-0.2, 0) is 14.8 Å². The number of carbonyl (C=O) groups is 1. The number of hydrogen-bond acceptors (Lipinski definition) is 6. The number of piperidine rings is 1. The van der Waals surface area contributed by atoms with Crippen molar-refractivity contribution < 1.29 is 18.1 Å². The van der Waals surface area contributed by atoms with Crippen LogP contribution in [0.1, 0.15) is 26.2 Å². The van der Waals surface area contributed by atoms with E-state index >= 15 is 0 Å². The van der Waals surface area contributed by atoms with Crippen molar-refractivity contribution in [2.75, 3.05) is 19.6 Å². The third kappa shape index (κ3) is 6.13. The number of rotatable bonds is 7. The van der Waals surface area contributed by atoms with Gasteiger partial charge in [0.2, 0.25) is 15.9 Å². The molecule has 11 heteroatoms. The zero-order valence-electron chi connectivity index (χ0n) is 15.0. The topological polar surface area (TPSA) is 136 Å². The standard InChI is InChI=1S/C16H24N4O5S.ClH/c1-12-6-8-19(14(9-12)11-17)16(21)5-7-18-26(24,25)15-4-2-3-13(10-15)20(22)23;/h2-4,10,12,14,18H,5-9,11,17H2,1H3;1H. The van der Waals surface area contributed by atoms with Gasteiger partial charge in [0.1, 0.15) is 0 Å². The Kier molecular flexibility index (Phi) is 8.60. The SMILES string of the molecule is CC1CCN(C(=O)CCNS(=O)(=O)c2cccc([N+](=O)[O-])c2)C(CN)C1.Cl. The van der Waals surface area contributed by atoms with E-state index < -0.39 is 14.9 Å². The Balaban J connectivity index is 0.00000364. The minimum Gasteiger partial charge on any atom is -0.338 e. The second-order valence-corrected chi connectivity index (χ2v) is 8.28. The fourth-order valence-electron chi connectivity index (χ4n) is 3.09. The van der Waals surface area contributed by atoms with Crippen LogP contribution in [0.4, 0.5) is 5.69 Å². The molecule has 1 aromatic carbocycles. The summed E-state index contributed by atoms with van der Waals surface area (Å²) in [4.78, 5) is 24.0. The molecule has 1 heterocycles. The van der Waals surface area contributed by atoms with E-state index in [1.807, 2.05) is 0 Å². The summed E-state index contributed by atoms with van der Waals surface area (Å²) in [6.45, 7) is 3.06. The average molecular weight is 421 g/mol. The number of hydrogen-bond donors (Lipinski definition) is 2. The second kappa shape index (κ2) is 9.98. The highest BCUT2D eigenvalue weighted by Gasteiger charge is 2.28. The summed E-state index contributed by atoms with van der Waals surface area (Å²) in [6, 6.07) is 4.76. The van der Waals surface area contributed by atoms with E-state index in [9.17, 15) is 23.3 Å². The number of nitrogens with one attached hydrogen (secondary N) is 1. The summed E-state index contributed by atoms with van der Waals surface area (Å²) < 4.78 is 26.8. The Labute approximate surface area is 164 Å². The predicted molar refractivity (Wildman–Crippen MR) is 103 cm³/mol. The van der Waals surface area contributed by atoms with Gasteiger partial charge in [-0.1, -0.05) is 13.0 Å². The summed E-state index contributed by atoms with van der Waals surface area (Å²) >= 11 is 0. The summed E-state index contributed by atoms with van der Waals surface area (Å²) in [6.07, 6.45) is 1.77. The smallest absolute Gasteiger partial charge is 0.270 e. The number of non-ortho nitro benzene ring substituents is 1. The first kappa shape index (κ1) is 23.3. The number of nitro groups is 1. The molecule has 0 saturated carbocycles. The first-order chi connectivity index (χ1) is 12.2. The lowest BCUT2D eigenvalue weighted by Crippen LogP contribution is -2.49. The molecule has 1 fully saturated rings. The van der Waals surface area contributed by atoms with E-state index in [-0.39, 0.29) is 47.9 Å². The fourth-order valence-corrected chi connectivity index (χ4v) is 4.16. The van der Waals surface area contributed by atoms with Crippen LogP contribution in [0.25, 0.3) is 0 Å². The maximum Gasteiger partial charge on any atom is 0.270 e. The maximum absolute atomic E-state index is 12.4. The number of nitro benzene ring substituents is 1. The summed E-state index contributed by atoms with van der Waals surface area (Å²) in [5.74, 6) is 0.370. The highest BCUT2D eigenvalue weighted by molar-refractivity contribution is 7.89. The predicted octanol–water partition coefficient (Wildman–Crippen LogP) is 1.27. The van der Waals surface area contributed by atoms with E-state index in [2.05, 4.69) is 11.6 Å². The Morgan fingerprint density at radius 3 is 2.78 bits per heavy atom. The van der Waals surface area contributed by atoms with Crippen LogP contribution in [0.15, 0.2) is 29.2 Å². The molecule has 1 aliphatic rings. The maximum atomic E-state index is 12.4. The van der Waals surface area contributed by atoms with Gasteiger partial charge in [-0.05, 0) is 24.8 Å². The van der Waals surface area contributed by atoms with E-state index in [4.69, 9.17) is 5.73 Å². The Hall–Kier alpha value is -1.75. The van der Waals surface area contributed by atoms with Gasteiger partial charge in [-0.2, -0.15) is 0 Å². The highest BCUT2D eigenvalue weighted by Crippen LogP contribution is 2.22. The molecule has 1 aromatic rings. The van der Waals surface area contributed by atoms with Crippen molar-refractivity contribution in [3.05, 3.63) is 34.4 Å². The highest BCUT2D eigenvalue weighted by atomic mass is 35.5. The molecule has 0 aliphatic carbocycles. The Bertz CT molecular complexity index is 774. The molecule has 0 radical (unpaired) electrons. The van der Waals surface area contributed by atoms with Gasteiger partial charge in [0.25, 0.3) is 5.69 Å². The van der Waals surface area contributed by atoms with Crippen LogP contribution >= 0.6 is 12.4 Å². The van der Waals surface area contributed by atoms with E-state index in [0.717, 1.165) is 18.9 Å². The van der Waals surface area contributed by atoms with Crippen molar-refractivity contribution in [2.45, 2.75) is 37.1 Å². The number of nitrogens with two attached hydrogens (primary N) is 1. The molecule has 3 N–H and O–H groups in total. The Morgan fingerprint density at radius 1 is 1.44 bits per heavy atom. The normalized spacial score (nSPS) is 20.0. The van der Waals surface area contributed by atoms with Gasteiger partial charge in [0, 0.05) is 44.2 Å². The lowest BCUT2D eigenvalue weighted by Gasteiger charge is -2.38. The van der Waals surface area contributed by atoms with Crippen molar-refractivity contribution in [2.24, 2.45) is 11.7 Å². The van der Waals surface area contributed by atoms with Gasteiger partial charge >= 0.3 is 0 Å². The zero-order valence-corrected chi connectivity index (χ0v) is 16.7. The summed E-state index contributed by atoms with van der Waals surface area (Å²) in [5.41, 5.74) is 5.44. The third-order valence-electron chi connectivity index (χ3n) is 4.54. The molecule has 0 bridgehead atoms. The molecule has 2 atom stereocenters. The lowest BCUT2D eigenvalue weighted by atomic mass is 9.92. The van der Waals surface area contributed by atoms with Crippen molar-refractivity contribution in [3.8, 4) is 0 Å².